The summed E-state index contributed by atoms with van der Waals surface area (Å²) in [7, 11) is 0. The number of ether oxygens (including phenoxy) is 1. The summed E-state index contributed by atoms with van der Waals surface area (Å²) in [5.74, 6) is -0.989. The van der Waals surface area contributed by atoms with Gasteiger partial charge in [-0.2, -0.15) is 8.78 Å². The van der Waals surface area contributed by atoms with Crippen molar-refractivity contribution in [1.29, 1.82) is 0 Å². The summed E-state index contributed by atoms with van der Waals surface area (Å²) in [5, 5.41) is 0. The average Bonchev–Trinajstić information content (AvgIpc) is 2.99. The fourth-order valence-corrected chi connectivity index (χ4v) is 1.57. The van der Waals surface area contributed by atoms with Crippen LogP contribution in [-0.4, -0.2) is 12.9 Å². The van der Waals surface area contributed by atoms with Crippen LogP contribution >= 0.6 is 0 Å². The first-order valence-corrected chi connectivity index (χ1v) is 4.85. The van der Waals surface area contributed by atoms with Crippen molar-refractivity contribution in [2.45, 2.75) is 25.4 Å². The van der Waals surface area contributed by atoms with Crippen LogP contribution < -0.4 is 4.74 Å². The summed E-state index contributed by atoms with van der Waals surface area (Å²) in [4.78, 5) is 10.6. The standard InChI is InChI=1S/C11H9F3O2/c12-9-3-7(6-1-2-6)4-10(8(9)5-15)16-11(13)14/h3-6,11H,1-2H2. The van der Waals surface area contributed by atoms with Crippen LogP contribution in [0.15, 0.2) is 12.1 Å². The Kier molecular flexibility index (Phi) is 2.85. The Bertz CT molecular complexity index is 414. The van der Waals surface area contributed by atoms with Gasteiger partial charge in [-0.25, -0.2) is 4.39 Å². The van der Waals surface area contributed by atoms with Gasteiger partial charge in [0.2, 0.25) is 0 Å². The van der Waals surface area contributed by atoms with E-state index in [1.807, 2.05) is 0 Å². The van der Waals surface area contributed by atoms with Crippen LogP contribution in [0, 0.1) is 5.82 Å². The summed E-state index contributed by atoms with van der Waals surface area (Å²) in [6.45, 7) is -3.06. The average molecular weight is 230 g/mol. The highest BCUT2D eigenvalue weighted by Gasteiger charge is 2.26. The molecule has 2 rings (SSSR count). The van der Waals surface area contributed by atoms with Crippen molar-refractivity contribution in [3.63, 3.8) is 0 Å². The molecule has 5 heteroatoms. The third kappa shape index (κ3) is 2.18. The predicted molar refractivity (Wildman–Crippen MR) is 50.4 cm³/mol. The number of aldehydes is 1. The van der Waals surface area contributed by atoms with E-state index in [0.29, 0.717) is 5.56 Å². The van der Waals surface area contributed by atoms with E-state index >= 15 is 0 Å². The highest BCUT2D eigenvalue weighted by Crippen LogP contribution is 2.42. The zero-order chi connectivity index (χ0) is 11.7. The van der Waals surface area contributed by atoms with Crippen molar-refractivity contribution in [2.75, 3.05) is 0 Å². The lowest BCUT2D eigenvalue weighted by Gasteiger charge is -2.10. The van der Waals surface area contributed by atoms with Crippen molar-refractivity contribution in [2.24, 2.45) is 0 Å². The van der Waals surface area contributed by atoms with E-state index in [2.05, 4.69) is 4.74 Å². The molecule has 0 aliphatic heterocycles. The first-order chi connectivity index (χ1) is 7.61. The molecule has 1 aromatic rings. The van der Waals surface area contributed by atoms with Gasteiger partial charge in [-0.05, 0) is 36.5 Å². The Morgan fingerprint density at radius 2 is 2.06 bits per heavy atom. The van der Waals surface area contributed by atoms with E-state index in [9.17, 15) is 18.0 Å². The molecule has 1 aliphatic rings. The van der Waals surface area contributed by atoms with Gasteiger partial charge in [0.05, 0.1) is 5.56 Å². The first kappa shape index (κ1) is 11.0. The van der Waals surface area contributed by atoms with Gasteiger partial charge in [-0.15, -0.1) is 0 Å². The monoisotopic (exact) mass is 230 g/mol. The highest BCUT2D eigenvalue weighted by atomic mass is 19.3. The molecular weight excluding hydrogens is 221 g/mol. The van der Waals surface area contributed by atoms with E-state index in [-0.39, 0.29) is 18.0 Å². The molecule has 0 unspecified atom stereocenters. The van der Waals surface area contributed by atoms with Gasteiger partial charge in [0.25, 0.3) is 0 Å². The van der Waals surface area contributed by atoms with Crippen LogP contribution in [0.1, 0.15) is 34.7 Å². The number of hydrogen-bond donors (Lipinski definition) is 0. The lowest BCUT2D eigenvalue weighted by atomic mass is 10.1. The van der Waals surface area contributed by atoms with Crippen LogP contribution in [0.3, 0.4) is 0 Å². The lowest BCUT2D eigenvalue weighted by molar-refractivity contribution is -0.0502. The van der Waals surface area contributed by atoms with Crippen molar-refractivity contribution in [3.05, 3.63) is 29.1 Å². The molecule has 0 atom stereocenters. The fraction of sp³-hybridized carbons (Fsp3) is 0.364. The van der Waals surface area contributed by atoms with Gasteiger partial charge in [0.1, 0.15) is 11.6 Å². The molecule has 0 amide bonds. The minimum atomic E-state index is -3.06. The normalized spacial score (nSPS) is 15.2. The molecule has 16 heavy (non-hydrogen) atoms. The number of alkyl halides is 2. The molecule has 0 aromatic heterocycles. The van der Waals surface area contributed by atoms with Crippen LogP contribution in [-0.2, 0) is 0 Å². The van der Waals surface area contributed by atoms with Gasteiger partial charge < -0.3 is 4.74 Å². The molecule has 86 valence electrons. The second kappa shape index (κ2) is 4.15. The topological polar surface area (TPSA) is 26.3 Å². The Hall–Kier alpha value is -1.52. The molecule has 0 bridgehead atoms. The van der Waals surface area contributed by atoms with Gasteiger partial charge in [-0.1, -0.05) is 0 Å². The fourth-order valence-electron chi connectivity index (χ4n) is 1.57. The number of halogens is 3. The number of carbonyl (C=O) groups is 1. The Morgan fingerprint density at radius 1 is 1.38 bits per heavy atom. The minimum absolute atomic E-state index is 0.184. The highest BCUT2D eigenvalue weighted by molar-refractivity contribution is 5.80. The Balaban J connectivity index is 2.40. The van der Waals surface area contributed by atoms with E-state index in [4.69, 9.17) is 0 Å². The van der Waals surface area contributed by atoms with Gasteiger partial charge in [0, 0.05) is 0 Å². The largest absolute Gasteiger partial charge is 0.434 e. The molecule has 0 saturated heterocycles. The number of benzene rings is 1. The first-order valence-electron chi connectivity index (χ1n) is 4.85. The molecule has 1 fully saturated rings. The Morgan fingerprint density at radius 3 is 2.56 bits per heavy atom. The SMILES string of the molecule is O=Cc1c(F)cc(C2CC2)cc1OC(F)F. The van der Waals surface area contributed by atoms with Crippen LogP contribution in [0.25, 0.3) is 0 Å². The maximum Gasteiger partial charge on any atom is 0.387 e. The number of rotatable bonds is 4. The molecular formula is C11H9F3O2. The molecule has 0 spiro atoms. The van der Waals surface area contributed by atoms with Gasteiger partial charge in [-0.3, -0.25) is 4.79 Å². The molecule has 2 nitrogen and oxygen atoms in total. The van der Waals surface area contributed by atoms with Gasteiger partial charge >= 0.3 is 6.61 Å². The molecule has 1 saturated carbocycles. The zero-order valence-corrected chi connectivity index (χ0v) is 8.25. The van der Waals surface area contributed by atoms with Crippen molar-refractivity contribution >= 4 is 6.29 Å². The minimum Gasteiger partial charge on any atom is -0.434 e. The smallest absolute Gasteiger partial charge is 0.387 e. The third-order valence-electron chi connectivity index (χ3n) is 2.50. The van der Waals surface area contributed by atoms with Crippen LogP contribution in [0.5, 0.6) is 5.75 Å². The second-order valence-electron chi connectivity index (χ2n) is 3.69. The third-order valence-corrected chi connectivity index (χ3v) is 2.50. The van der Waals surface area contributed by atoms with Gasteiger partial charge in [0.15, 0.2) is 6.29 Å². The summed E-state index contributed by atoms with van der Waals surface area (Å²) >= 11 is 0. The second-order valence-corrected chi connectivity index (χ2v) is 3.69. The zero-order valence-electron chi connectivity index (χ0n) is 8.25. The summed E-state index contributed by atoms with van der Waals surface area (Å²) in [6, 6.07) is 2.52. The quantitative estimate of drug-likeness (QED) is 0.743. The molecule has 1 aromatic carbocycles. The maximum atomic E-state index is 13.4. The summed E-state index contributed by atoms with van der Waals surface area (Å²) < 4.78 is 41.6. The van der Waals surface area contributed by atoms with E-state index < -0.39 is 18.0 Å². The molecule has 0 heterocycles. The number of hydrogen-bond acceptors (Lipinski definition) is 2. The van der Waals surface area contributed by atoms with E-state index in [0.717, 1.165) is 12.8 Å². The maximum absolute atomic E-state index is 13.4. The molecule has 1 aliphatic carbocycles. The van der Waals surface area contributed by atoms with Crippen molar-refractivity contribution in [3.8, 4) is 5.75 Å². The molecule has 0 radical (unpaired) electrons. The van der Waals surface area contributed by atoms with Crippen molar-refractivity contribution in [1.82, 2.24) is 0 Å². The lowest BCUT2D eigenvalue weighted by Crippen LogP contribution is -2.06. The Labute approximate surface area is 90.0 Å². The summed E-state index contributed by atoms with van der Waals surface area (Å²) in [5.41, 5.74) is 0.156. The predicted octanol–water partition coefficient (Wildman–Crippen LogP) is 3.12. The van der Waals surface area contributed by atoms with Crippen LogP contribution in [0.2, 0.25) is 0 Å². The van der Waals surface area contributed by atoms with E-state index in [1.54, 1.807) is 0 Å². The number of carbonyl (C=O) groups excluding carboxylic acids is 1. The van der Waals surface area contributed by atoms with Crippen LogP contribution in [0.4, 0.5) is 13.2 Å². The summed E-state index contributed by atoms with van der Waals surface area (Å²) in [6.07, 6.45) is 2.01. The van der Waals surface area contributed by atoms with Crippen molar-refractivity contribution < 1.29 is 22.7 Å². The van der Waals surface area contributed by atoms with E-state index in [1.165, 1.54) is 12.1 Å². The molecule has 0 N–H and O–H groups in total.